The van der Waals surface area contributed by atoms with E-state index in [1.54, 1.807) is 4.52 Å². The van der Waals surface area contributed by atoms with Crippen LogP contribution in [0, 0.1) is 13.8 Å². The maximum atomic E-state index is 6.11. The zero-order chi connectivity index (χ0) is 18.4. The van der Waals surface area contributed by atoms with E-state index in [-0.39, 0.29) is 0 Å². The van der Waals surface area contributed by atoms with E-state index in [9.17, 15) is 0 Å². The van der Waals surface area contributed by atoms with Crippen LogP contribution in [0.5, 0.6) is 11.6 Å². The molecule has 7 nitrogen and oxygen atoms in total. The minimum Gasteiger partial charge on any atom is -0.439 e. The second-order valence-corrected chi connectivity index (χ2v) is 6.31. The van der Waals surface area contributed by atoms with E-state index in [1.165, 1.54) is 6.33 Å². The number of hydrogen-bond acceptors (Lipinski definition) is 5. The Balaban J connectivity index is 1.52. The molecule has 5 aromatic rings. The van der Waals surface area contributed by atoms with Crippen LogP contribution < -0.4 is 4.74 Å². The van der Waals surface area contributed by atoms with Crippen LogP contribution in [0.15, 0.2) is 61.1 Å². The third-order valence-electron chi connectivity index (χ3n) is 4.63. The fourth-order valence-electron chi connectivity index (χ4n) is 3.07. The van der Waals surface area contributed by atoms with Crippen molar-refractivity contribution in [2.45, 2.75) is 13.8 Å². The van der Waals surface area contributed by atoms with Gasteiger partial charge < -0.3 is 4.74 Å². The molecule has 0 aliphatic carbocycles. The zero-order valence-electron chi connectivity index (χ0n) is 14.9. The van der Waals surface area contributed by atoms with Crippen LogP contribution in [0.2, 0.25) is 0 Å². The summed E-state index contributed by atoms with van der Waals surface area (Å²) in [5.41, 5.74) is 3.83. The number of aromatic nitrogens is 6. The molecule has 0 aliphatic rings. The summed E-state index contributed by atoms with van der Waals surface area (Å²) < 4.78 is 9.63. The first kappa shape index (κ1) is 15.5. The Morgan fingerprint density at radius 3 is 2.59 bits per heavy atom. The Kier molecular flexibility index (Phi) is 3.39. The summed E-state index contributed by atoms with van der Waals surface area (Å²) >= 11 is 0. The molecule has 0 unspecified atom stereocenters. The van der Waals surface area contributed by atoms with Crippen molar-refractivity contribution >= 4 is 16.7 Å². The molecule has 0 saturated carbocycles. The predicted molar refractivity (Wildman–Crippen MR) is 101 cm³/mol. The number of nitrogens with zero attached hydrogens (tertiary/aromatic N) is 6. The van der Waals surface area contributed by atoms with Gasteiger partial charge in [-0.1, -0.05) is 18.2 Å². The largest absolute Gasteiger partial charge is 0.439 e. The van der Waals surface area contributed by atoms with E-state index in [1.807, 2.05) is 67.2 Å². The summed E-state index contributed by atoms with van der Waals surface area (Å²) in [7, 11) is 0. The average Bonchev–Trinajstić information content (AvgIpc) is 3.33. The Labute approximate surface area is 154 Å². The van der Waals surface area contributed by atoms with Gasteiger partial charge in [0.25, 0.3) is 5.78 Å². The highest BCUT2D eigenvalue weighted by Crippen LogP contribution is 2.27. The van der Waals surface area contributed by atoms with Gasteiger partial charge in [-0.05, 0) is 44.2 Å². The molecule has 2 aromatic carbocycles. The van der Waals surface area contributed by atoms with E-state index in [0.717, 1.165) is 27.8 Å². The highest BCUT2D eigenvalue weighted by atomic mass is 16.5. The van der Waals surface area contributed by atoms with E-state index < -0.39 is 0 Å². The minimum absolute atomic E-state index is 0.521. The highest BCUT2D eigenvalue weighted by molar-refractivity contribution is 5.80. The second-order valence-electron chi connectivity index (χ2n) is 6.31. The first-order chi connectivity index (χ1) is 13.2. The van der Waals surface area contributed by atoms with Crippen molar-refractivity contribution in [3.63, 3.8) is 0 Å². The van der Waals surface area contributed by atoms with E-state index >= 15 is 0 Å². The Hall–Kier alpha value is -3.74. The van der Waals surface area contributed by atoms with Gasteiger partial charge in [0.05, 0.1) is 17.4 Å². The van der Waals surface area contributed by atoms with Crippen LogP contribution in [0.25, 0.3) is 22.4 Å². The highest BCUT2D eigenvalue weighted by Gasteiger charge is 2.13. The molecule has 132 valence electrons. The molecule has 3 aromatic heterocycles. The lowest BCUT2D eigenvalue weighted by Crippen LogP contribution is -2.03. The molecule has 0 aliphatic heterocycles. The second kappa shape index (κ2) is 5.91. The molecule has 7 heteroatoms. The summed E-state index contributed by atoms with van der Waals surface area (Å²) in [4.78, 5) is 8.56. The van der Waals surface area contributed by atoms with Gasteiger partial charge in [0.2, 0.25) is 5.88 Å². The lowest BCUT2D eigenvalue weighted by Gasteiger charge is -2.12. The first-order valence-electron chi connectivity index (χ1n) is 8.59. The standard InChI is InChI=1S/C20H16N6O/c1-13-14(2)24-20-21-12-23-26(20)19(13)27-17-9-7-16(8-10-17)25-18-6-4-3-5-15(18)11-22-25/h3-12H,1-2H3. The van der Waals surface area contributed by atoms with Crippen LogP contribution in [0.1, 0.15) is 11.3 Å². The van der Waals surface area contributed by atoms with Gasteiger partial charge in [-0.15, -0.1) is 0 Å². The molecule has 0 fully saturated rings. The Morgan fingerprint density at radius 1 is 0.926 bits per heavy atom. The molecular weight excluding hydrogens is 340 g/mol. The molecule has 0 atom stereocenters. The summed E-state index contributed by atoms with van der Waals surface area (Å²) in [6, 6.07) is 15.9. The van der Waals surface area contributed by atoms with Crippen LogP contribution in [-0.4, -0.2) is 29.4 Å². The van der Waals surface area contributed by atoms with Crippen molar-refractivity contribution in [3.8, 4) is 17.3 Å². The van der Waals surface area contributed by atoms with Gasteiger partial charge >= 0.3 is 0 Å². The van der Waals surface area contributed by atoms with Gasteiger partial charge in [0.1, 0.15) is 12.1 Å². The Bertz CT molecular complexity index is 1270. The number of hydrogen-bond donors (Lipinski definition) is 0. The average molecular weight is 356 g/mol. The fraction of sp³-hybridized carbons (Fsp3) is 0.100. The van der Waals surface area contributed by atoms with Crippen LogP contribution in [0.4, 0.5) is 0 Å². The lowest BCUT2D eigenvalue weighted by molar-refractivity contribution is 0.441. The van der Waals surface area contributed by atoms with Crippen molar-refractivity contribution in [2.75, 3.05) is 0 Å². The number of rotatable bonds is 3. The molecule has 0 N–H and O–H groups in total. The monoisotopic (exact) mass is 356 g/mol. The molecule has 0 saturated heterocycles. The van der Waals surface area contributed by atoms with Crippen molar-refractivity contribution in [1.29, 1.82) is 0 Å². The lowest BCUT2D eigenvalue weighted by atomic mass is 10.2. The van der Waals surface area contributed by atoms with Crippen molar-refractivity contribution in [3.05, 3.63) is 72.3 Å². The molecule has 5 rings (SSSR count). The van der Waals surface area contributed by atoms with Crippen molar-refractivity contribution < 1.29 is 4.74 Å². The van der Waals surface area contributed by atoms with Crippen molar-refractivity contribution in [2.24, 2.45) is 0 Å². The third-order valence-corrected chi connectivity index (χ3v) is 4.63. The van der Waals surface area contributed by atoms with E-state index in [0.29, 0.717) is 17.4 Å². The topological polar surface area (TPSA) is 70.1 Å². The molecule has 0 bridgehead atoms. The molecule has 27 heavy (non-hydrogen) atoms. The fourth-order valence-corrected chi connectivity index (χ4v) is 3.07. The number of aryl methyl sites for hydroxylation is 1. The van der Waals surface area contributed by atoms with Crippen molar-refractivity contribution in [1.82, 2.24) is 29.4 Å². The summed E-state index contributed by atoms with van der Waals surface area (Å²) in [6.07, 6.45) is 3.34. The van der Waals surface area contributed by atoms with Crippen LogP contribution >= 0.6 is 0 Å². The number of fused-ring (bicyclic) bond motifs is 2. The first-order valence-corrected chi connectivity index (χ1v) is 8.59. The number of ether oxygens (including phenoxy) is 1. The molecule has 0 radical (unpaired) electrons. The smallest absolute Gasteiger partial charge is 0.255 e. The van der Waals surface area contributed by atoms with Gasteiger partial charge in [0, 0.05) is 16.6 Å². The van der Waals surface area contributed by atoms with Crippen LogP contribution in [0.3, 0.4) is 0 Å². The van der Waals surface area contributed by atoms with Gasteiger partial charge in [-0.25, -0.2) is 9.67 Å². The molecule has 0 amide bonds. The van der Waals surface area contributed by atoms with E-state index in [4.69, 9.17) is 4.74 Å². The van der Waals surface area contributed by atoms with Gasteiger partial charge in [0.15, 0.2) is 0 Å². The Morgan fingerprint density at radius 2 is 1.74 bits per heavy atom. The normalized spacial score (nSPS) is 11.3. The van der Waals surface area contributed by atoms with E-state index in [2.05, 4.69) is 26.2 Å². The number of para-hydroxylation sites is 1. The molecule has 0 spiro atoms. The molecule has 3 heterocycles. The SMILES string of the molecule is Cc1nc2ncnn2c(Oc2ccc(-n3ncc4ccccc43)cc2)c1C. The summed E-state index contributed by atoms with van der Waals surface area (Å²) in [5.74, 6) is 1.85. The summed E-state index contributed by atoms with van der Waals surface area (Å²) in [6.45, 7) is 3.89. The summed E-state index contributed by atoms with van der Waals surface area (Å²) in [5, 5.41) is 9.80. The molecular formula is C20H16N6O. The zero-order valence-corrected chi connectivity index (χ0v) is 14.9. The quantitative estimate of drug-likeness (QED) is 0.491. The predicted octanol–water partition coefficient (Wildman–Crippen LogP) is 3.87. The maximum Gasteiger partial charge on any atom is 0.255 e. The maximum absolute atomic E-state index is 6.11. The van der Waals surface area contributed by atoms with Gasteiger partial charge in [-0.3, -0.25) is 0 Å². The van der Waals surface area contributed by atoms with Crippen LogP contribution in [-0.2, 0) is 0 Å². The minimum atomic E-state index is 0.521. The number of benzene rings is 2. The third kappa shape index (κ3) is 2.52. The van der Waals surface area contributed by atoms with Gasteiger partial charge in [-0.2, -0.15) is 19.7 Å².